The second-order valence-electron chi connectivity index (χ2n) is 3.12. The van der Waals surface area contributed by atoms with Crippen molar-refractivity contribution in [2.24, 2.45) is 0 Å². The van der Waals surface area contributed by atoms with Gasteiger partial charge in [-0.15, -0.1) is 5.10 Å². The average molecular weight is 269 g/mol. The number of rotatable bonds is 3. The summed E-state index contributed by atoms with van der Waals surface area (Å²) in [5, 5.41) is 19.7. The number of hydrogen-bond acceptors (Lipinski definition) is 5. The van der Waals surface area contributed by atoms with Crippen molar-refractivity contribution in [2.45, 2.75) is 6.42 Å². The maximum Gasteiger partial charge on any atom is 0.320 e. The third-order valence-corrected chi connectivity index (χ3v) is 2.25. The number of benzene rings is 1. The van der Waals surface area contributed by atoms with E-state index in [1.807, 2.05) is 6.07 Å². The van der Waals surface area contributed by atoms with Crippen molar-refractivity contribution in [2.75, 3.05) is 5.32 Å². The van der Waals surface area contributed by atoms with Crippen LogP contribution in [0.5, 0.6) is 0 Å². The van der Waals surface area contributed by atoms with Gasteiger partial charge in [-0.25, -0.2) is 0 Å². The minimum absolute atomic E-state index is 0.0744. The van der Waals surface area contributed by atoms with Crippen LogP contribution in [0.1, 0.15) is 5.89 Å². The molecule has 0 aliphatic carbocycles. The van der Waals surface area contributed by atoms with Gasteiger partial charge in [0.25, 0.3) is 0 Å². The number of nitrogens with one attached hydrogen (secondary N) is 1. The van der Waals surface area contributed by atoms with Gasteiger partial charge in [0.2, 0.25) is 5.89 Å². The van der Waals surface area contributed by atoms with Crippen molar-refractivity contribution >= 4 is 34.9 Å². The largest absolute Gasteiger partial charge is 0.407 e. The lowest BCUT2D eigenvalue weighted by Gasteiger charge is -2.02. The number of anilines is 2. The molecule has 0 unspecified atom stereocenters. The normalized spacial score (nSPS) is 9.94. The van der Waals surface area contributed by atoms with Gasteiger partial charge in [-0.2, -0.15) is 5.26 Å². The topological polar surface area (TPSA) is 74.7 Å². The smallest absolute Gasteiger partial charge is 0.320 e. The van der Waals surface area contributed by atoms with Gasteiger partial charge in [-0.1, -0.05) is 28.3 Å². The molecular weight excluding hydrogens is 263 g/mol. The summed E-state index contributed by atoms with van der Waals surface area (Å²) in [5.41, 5.74) is 0.634. The van der Waals surface area contributed by atoms with Crippen LogP contribution in [-0.4, -0.2) is 10.2 Å². The maximum atomic E-state index is 8.46. The zero-order valence-corrected chi connectivity index (χ0v) is 9.96. The highest BCUT2D eigenvalue weighted by Crippen LogP contribution is 2.24. The van der Waals surface area contributed by atoms with E-state index in [1.165, 1.54) is 0 Å². The summed E-state index contributed by atoms with van der Waals surface area (Å²) >= 11 is 11.7. The van der Waals surface area contributed by atoms with Crippen molar-refractivity contribution in [3.05, 3.63) is 34.1 Å². The highest BCUT2D eigenvalue weighted by atomic mass is 35.5. The summed E-state index contributed by atoms with van der Waals surface area (Å²) < 4.78 is 5.17. The Balaban J connectivity index is 2.17. The summed E-state index contributed by atoms with van der Waals surface area (Å²) in [5.74, 6) is 0.253. The Morgan fingerprint density at radius 1 is 1.24 bits per heavy atom. The predicted molar refractivity (Wildman–Crippen MR) is 63.4 cm³/mol. The van der Waals surface area contributed by atoms with Gasteiger partial charge in [0.1, 0.15) is 6.42 Å². The first-order chi connectivity index (χ1) is 8.17. The van der Waals surface area contributed by atoms with E-state index < -0.39 is 0 Å². The molecule has 0 bridgehead atoms. The Morgan fingerprint density at radius 2 is 1.94 bits per heavy atom. The molecule has 0 aliphatic rings. The predicted octanol–water partition coefficient (Wildman–Crippen LogP) is 3.19. The third kappa shape index (κ3) is 3.09. The second-order valence-corrected chi connectivity index (χ2v) is 3.99. The molecule has 1 aromatic carbocycles. The number of nitriles is 1. The van der Waals surface area contributed by atoms with Crippen LogP contribution in [0.4, 0.5) is 11.7 Å². The molecule has 2 aromatic rings. The minimum Gasteiger partial charge on any atom is -0.407 e. The Kier molecular flexibility index (Phi) is 3.47. The summed E-state index contributed by atoms with van der Waals surface area (Å²) in [4.78, 5) is 0. The lowest BCUT2D eigenvalue weighted by Crippen LogP contribution is -1.90. The monoisotopic (exact) mass is 268 g/mol. The third-order valence-electron chi connectivity index (χ3n) is 1.81. The summed E-state index contributed by atoms with van der Waals surface area (Å²) in [6.07, 6.45) is 0.0744. The molecule has 0 fully saturated rings. The molecule has 0 saturated heterocycles. The van der Waals surface area contributed by atoms with E-state index in [1.54, 1.807) is 18.2 Å². The Labute approximate surface area is 107 Å². The molecule has 1 aromatic heterocycles. The molecule has 0 aliphatic heterocycles. The van der Waals surface area contributed by atoms with E-state index in [-0.39, 0.29) is 18.3 Å². The Morgan fingerprint density at radius 3 is 2.59 bits per heavy atom. The molecule has 17 heavy (non-hydrogen) atoms. The van der Waals surface area contributed by atoms with Gasteiger partial charge >= 0.3 is 6.01 Å². The van der Waals surface area contributed by atoms with Crippen LogP contribution in [0, 0.1) is 11.3 Å². The van der Waals surface area contributed by atoms with Crippen molar-refractivity contribution in [1.82, 2.24) is 10.2 Å². The molecule has 0 spiro atoms. The molecule has 1 N–H and O–H groups in total. The molecule has 2 rings (SSSR count). The standard InChI is InChI=1S/C10H6Cl2N4O/c11-6-3-7(12)5-8(4-6)14-10-16-15-9(17-10)1-2-13/h3-5H,1H2,(H,14,16). The quantitative estimate of drug-likeness (QED) is 0.926. The summed E-state index contributed by atoms with van der Waals surface area (Å²) in [7, 11) is 0. The van der Waals surface area contributed by atoms with Crippen LogP contribution < -0.4 is 5.32 Å². The summed E-state index contributed by atoms with van der Waals surface area (Å²) in [6.45, 7) is 0. The van der Waals surface area contributed by atoms with Crippen LogP contribution in [0.25, 0.3) is 0 Å². The highest BCUT2D eigenvalue weighted by Gasteiger charge is 2.06. The van der Waals surface area contributed by atoms with Gasteiger partial charge in [-0.3, -0.25) is 0 Å². The van der Waals surface area contributed by atoms with Crippen LogP contribution in [-0.2, 0) is 6.42 Å². The number of nitrogens with zero attached hydrogens (tertiary/aromatic N) is 3. The number of aromatic nitrogens is 2. The lowest BCUT2D eigenvalue weighted by molar-refractivity contribution is 0.524. The van der Waals surface area contributed by atoms with E-state index >= 15 is 0 Å². The molecule has 0 radical (unpaired) electrons. The van der Waals surface area contributed by atoms with Crippen LogP contribution in [0.2, 0.25) is 10.0 Å². The Bertz CT molecular complexity index is 556. The van der Waals surface area contributed by atoms with Crippen molar-refractivity contribution < 1.29 is 4.42 Å². The minimum atomic E-state index is 0.0744. The zero-order valence-electron chi connectivity index (χ0n) is 8.44. The van der Waals surface area contributed by atoms with Crippen molar-refractivity contribution in [3.8, 4) is 6.07 Å². The van der Waals surface area contributed by atoms with Gasteiger partial charge in [0, 0.05) is 15.7 Å². The molecule has 0 amide bonds. The fraction of sp³-hybridized carbons (Fsp3) is 0.100. The second kappa shape index (κ2) is 5.04. The molecule has 0 atom stereocenters. The van der Waals surface area contributed by atoms with E-state index in [9.17, 15) is 0 Å². The fourth-order valence-corrected chi connectivity index (χ4v) is 1.72. The Hall–Kier alpha value is -1.77. The van der Waals surface area contributed by atoms with Gasteiger partial charge in [-0.05, 0) is 18.2 Å². The maximum absolute atomic E-state index is 8.46. The zero-order chi connectivity index (χ0) is 12.3. The highest BCUT2D eigenvalue weighted by molar-refractivity contribution is 6.35. The van der Waals surface area contributed by atoms with E-state index in [2.05, 4.69) is 15.5 Å². The van der Waals surface area contributed by atoms with E-state index in [4.69, 9.17) is 32.9 Å². The van der Waals surface area contributed by atoms with Gasteiger partial charge < -0.3 is 9.73 Å². The average Bonchev–Trinajstić information content (AvgIpc) is 2.64. The SMILES string of the molecule is N#CCc1nnc(Nc2cc(Cl)cc(Cl)c2)o1. The van der Waals surface area contributed by atoms with Crippen molar-refractivity contribution in [3.63, 3.8) is 0 Å². The molecule has 86 valence electrons. The fourth-order valence-electron chi connectivity index (χ4n) is 1.19. The van der Waals surface area contributed by atoms with Crippen LogP contribution in [0.3, 0.4) is 0 Å². The van der Waals surface area contributed by atoms with Crippen LogP contribution >= 0.6 is 23.2 Å². The number of hydrogen-bond donors (Lipinski definition) is 1. The van der Waals surface area contributed by atoms with Crippen molar-refractivity contribution in [1.29, 1.82) is 5.26 Å². The van der Waals surface area contributed by atoms with Crippen LogP contribution in [0.15, 0.2) is 22.6 Å². The first kappa shape index (κ1) is 11.7. The molecular formula is C10H6Cl2N4O. The number of halogens is 2. The van der Waals surface area contributed by atoms with Gasteiger partial charge in [0.05, 0.1) is 6.07 Å². The first-order valence-corrected chi connectivity index (χ1v) is 5.35. The van der Waals surface area contributed by atoms with E-state index in [0.29, 0.717) is 15.7 Å². The first-order valence-electron chi connectivity index (χ1n) is 4.60. The lowest BCUT2D eigenvalue weighted by atomic mass is 10.3. The van der Waals surface area contributed by atoms with Gasteiger partial charge in [0.15, 0.2) is 0 Å². The molecule has 7 heteroatoms. The molecule has 0 saturated carbocycles. The van der Waals surface area contributed by atoms with E-state index in [0.717, 1.165) is 0 Å². The summed E-state index contributed by atoms with van der Waals surface area (Å²) in [6, 6.07) is 7.05. The molecule has 5 nitrogen and oxygen atoms in total. The molecule has 1 heterocycles.